The van der Waals surface area contributed by atoms with Crippen LogP contribution in [-0.4, -0.2) is 30.1 Å². The van der Waals surface area contributed by atoms with E-state index in [0.717, 1.165) is 5.56 Å². The predicted octanol–water partition coefficient (Wildman–Crippen LogP) is 1.55. The zero-order valence-electron chi connectivity index (χ0n) is 10.6. The van der Waals surface area contributed by atoms with Crippen LogP contribution >= 0.6 is 0 Å². The number of urea groups is 1. The average Bonchev–Trinajstić information content (AvgIpc) is 2.74. The summed E-state index contributed by atoms with van der Waals surface area (Å²) in [6, 6.07) is 4.73. The van der Waals surface area contributed by atoms with Crippen LogP contribution in [0.4, 0.5) is 9.18 Å². The fraction of sp³-hybridized carbons (Fsp3) is 0.462. The number of nitrogens with two attached hydrogens (primary N) is 1. The Hall–Kier alpha value is -1.62. The Balaban J connectivity index is 2.16. The van der Waals surface area contributed by atoms with Gasteiger partial charge in [0.25, 0.3) is 0 Å². The lowest BCUT2D eigenvalue weighted by Gasteiger charge is -2.21. The highest BCUT2D eigenvalue weighted by Gasteiger charge is 2.32. The van der Waals surface area contributed by atoms with E-state index < -0.39 is 0 Å². The van der Waals surface area contributed by atoms with Gasteiger partial charge in [-0.1, -0.05) is 12.1 Å². The largest absolute Gasteiger partial charge is 0.329 e. The van der Waals surface area contributed by atoms with E-state index in [1.54, 1.807) is 24.0 Å². The molecule has 4 nitrogen and oxygen atoms in total. The van der Waals surface area contributed by atoms with Crippen molar-refractivity contribution in [3.63, 3.8) is 0 Å². The number of rotatable bonds is 3. The van der Waals surface area contributed by atoms with Gasteiger partial charge in [0, 0.05) is 19.1 Å². The molecule has 0 aromatic heterocycles. The lowest BCUT2D eigenvalue weighted by Crippen LogP contribution is -2.40. The second-order valence-corrected chi connectivity index (χ2v) is 4.75. The molecule has 1 aromatic rings. The molecule has 0 saturated carbocycles. The lowest BCUT2D eigenvalue weighted by atomic mass is 10.0. The van der Waals surface area contributed by atoms with Crippen molar-refractivity contribution in [2.75, 3.05) is 13.1 Å². The number of hydrogen-bond acceptors (Lipinski definition) is 2. The van der Waals surface area contributed by atoms with Crippen LogP contribution in [-0.2, 0) is 0 Å². The van der Waals surface area contributed by atoms with Crippen molar-refractivity contribution in [2.24, 2.45) is 5.73 Å². The Morgan fingerprint density at radius 3 is 2.94 bits per heavy atom. The number of amides is 2. The molecule has 98 valence electrons. The van der Waals surface area contributed by atoms with Crippen molar-refractivity contribution in [3.05, 3.63) is 35.1 Å². The summed E-state index contributed by atoms with van der Waals surface area (Å²) in [5, 5.41) is 2.89. The van der Waals surface area contributed by atoms with E-state index in [2.05, 4.69) is 5.32 Å². The average molecular weight is 251 g/mol. The summed E-state index contributed by atoms with van der Waals surface area (Å²) >= 11 is 0. The van der Waals surface area contributed by atoms with Crippen LogP contribution in [0.2, 0.25) is 0 Å². The molecule has 0 radical (unpaired) electrons. The topological polar surface area (TPSA) is 58.4 Å². The normalized spacial score (nSPS) is 21.0. The van der Waals surface area contributed by atoms with Crippen LogP contribution in [0.5, 0.6) is 0 Å². The van der Waals surface area contributed by atoms with Gasteiger partial charge in [-0.15, -0.1) is 0 Å². The standard InChI is InChI=1S/C13H18FN3O/c1-8-5-10(3-4-11(8)14)12-7-17(9(2)6-15)13(18)16-12/h3-5,9,12H,6-7,15H2,1-2H3,(H,16,18). The molecule has 2 unspecified atom stereocenters. The summed E-state index contributed by atoms with van der Waals surface area (Å²) < 4.78 is 13.2. The number of halogens is 1. The maximum Gasteiger partial charge on any atom is 0.318 e. The number of carbonyl (C=O) groups excluding carboxylic acids is 1. The molecule has 1 aromatic carbocycles. The smallest absolute Gasteiger partial charge is 0.318 e. The molecule has 0 bridgehead atoms. The van der Waals surface area contributed by atoms with Crippen LogP contribution in [0, 0.1) is 12.7 Å². The third kappa shape index (κ3) is 2.31. The van der Waals surface area contributed by atoms with Crippen molar-refractivity contribution in [1.29, 1.82) is 0 Å². The van der Waals surface area contributed by atoms with Gasteiger partial charge in [0.2, 0.25) is 0 Å². The van der Waals surface area contributed by atoms with E-state index in [-0.39, 0.29) is 23.9 Å². The fourth-order valence-electron chi connectivity index (χ4n) is 2.14. The Morgan fingerprint density at radius 1 is 1.61 bits per heavy atom. The van der Waals surface area contributed by atoms with E-state index in [0.29, 0.717) is 18.7 Å². The first-order chi connectivity index (χ1) is 8.52. The highest BCUT2D eigenvalue weighted by atomic mass is 19.1. The van der Waals surface area contributed by atoms with Gasteiger partial charge in [0.05, 0.1) is 6.04 Å². The summed E-state index contributed by atoms with van der Waals surface area (Å²) in [6.07, 6.45) is 0. The fourth-order valence-corrected chi connectivity index (χ4v) is 2.14. The minimum Gasteiger partial charge on any atom is -0.329 e. The molecule has 1 saturated heterocycles. The van der Waals surface area contributed by atoms with Crippen molar-refractivity contribution in [1.82, 2.24) is 10.2 Å². The predicted molar refractivity (Wildman–Crippen MR) is 67.6 cm³/mol. The second-order valence-electron chi connectivity index (χ2n) is 4.75. The summed E-state index contributed by atoms with van der Waals surface area (Å²) in [6.45, 7) is 4.64. The van der Waals surface area contributed by atoms with Gasteiger partial charge in [-0.2, -0.15) is 0 Å². The monoisotopic (exact) mass is 251 g/mol. The van der Waals surface area contributed by atoms with Gasteiger partial charge in [0.1, 0.15) is 5.82 Å². The number of nitrogens with zero attached hydrogens (tertiary/aromatic N) is 1. The molecule has 1 heterocycles. The molecule has 1 fully saturated rings. The molecule has 3 N–H and O–H groups in total. The molecule has 0 spiro atoms. The molecule has 2 amide bonds. The molecule has 5 heteroatoms. The maximum atomic E-state index is 13.2. The summed E-state index contributed by atoms with van der Waals surface area (Å²) in [5.74, 6) is -0.227. The minimum absolute atomic E-state index is 0.0107. The number of nitrogens with one attached hydrogen (secondary N) is 1. The molecule has 2 atom stereocenters. The first kappa shape index (κ1) is 12.8. The zero-order valence-corrected chi connectivity index (χ0v) is 10.6. The van der Waals surface area contributed by atoms with Crippen LogP contribution in [0.15, 0.2) is 18.2 Å². The van der Waals surface area contributed by atoms with E-state index in [1.165, 1.54) is 6.07 Å². The number of hydrogen-bond donors (Lipinski definition) is 2. The van der Waals surface area contributed by atoms with Crippen molar-refractivity contribution < 1.29 is 9.18 Å². The van der Waals surface area contributed by atoms with Gasteiger partial charge in [-0.25, -0.2) is 9.18 Å². The SMILES string of the molecule is Cc1cc(C2CN(C(C)CN)C(=O)N2)ccc1F. The summed E-state index contributed by atoms with van der Waals surface area (Å²) in [4.78, 5) is 13.5. The quantitative estimate of drug-likeness (QED) is 0.856. The highest BCUT2D eigenvalue weighted by molar-refractivity contribution is 5.77. The van der Waals surface area contributed by atoms with E-state index in [9.17, 15) is 9.18 Å². The highest BCUT2D eigenvalue weighted by Crippen LogP contribution is 2.23. The Morgan fingerprint density at radius 2 is 2.33 bits per heavy atom. The first-order valence-corrected chi connectivity index (χ1v) is 6.06. The zero-order chi connectivity index (χ0) is 13.3. The van der Waals surface area contributed by atoms with Crippen molar-refractivity contribution >= 4 is 6.03 Å². The Bertz CT molecular complexity index is 464. The van der Waals surface area contributed by atoms with Gasteiger partial charge in [0.15, 0.2) is 0 Å². The second kappa shape index (κ2) is 4.94. The van der Waals surface area contributed by atoms with E-state index >= 15 is 0 Å². The number of aryl methyl sites for hydroxylation is 1. The van der Waals surface area contributed by atoms with Gasteiger partial charge < -0.3 is 16.0 Å². The molecular formula is C13H18FN3O. The Labute approximate surface area is 106 Å². The van der Waals surface area contributed by atoms with Crippen LogP contribution in [0.25, 0.3) is 0 Å². The third-order valence-electron chi connectivity index (χ3n) is 3.40. The van der Waals surface area contributed by atoms with E-state index in [4.69, 9.17) is 5.73 Å². The van der Waals surface area contributed by atoms with Gasteiger partial charge in [-0.05, 0) is 31.0 Å². The van der Waals surface area contributed by atoms with Crippen molar-refractivity contribution in [3.8, 4) is 0 Å². The Kier molecular flexibility index (Phi) is 3.52. The molecular weight excluding hydrogens is 233 g/mol. The van der Waals surface area contributed by atoms with Gasteiger partial charge in [-0.3, -0.25) is 0 Å². The third-order valence-corrected chi connectivity index (χ3v) is 3.40. The van der Waals surface area contributed by atoms with Crippen LogP contribution < -0.4 is 11.1 Å². The maximum absolute atomic E-state index is 13.2. The van der Waals surface area contributed by atoms with Crippen LogP contribution in [0.1, 0.15) is 24.1 Å². The lowest BCUT2D eigenvalue weighted by molar-refractivity contribution is 0.203. The van der Waals surface area contributed by atoms with E-state index in [1.807, 2.05) is 6.92 Å². The minimum atomic E-state index is -0.227. The molecule has 1 aliphatic rings. The first-order valence-electron chi connectivity index (χ1n) is 6.06. The number of carbonyl (C=O) groups is 1. The summed E-state index contributed by atoms with van der Waals surface area (Å²) in [7, 11) is 0. The molecule has 2 rings (SSSR count). The molecule has 1 aliphatic heterocycles. The summed E-state index contributed by atoms with van der Waals surface area (Å²) in [5.41, 5.74) is 7.09. The van der Waals surface area contributed by atoms with Crippen LogP contribution in [0.3, 0.4) is 0 Å². The van der Waals surface area contributed by atoms with Gasteiger partial charge >= 0.3 is 6.03 Å². The number of benzene rings is 1. The molecule has 18 heavy (non-hydrogen) atoms. The van der Waals surface area contributed by atoms with Crippen molar-refractivity contribution in [2.45, 2.75) is 25.9 Å². The molecule has 0 aliphatic carbocycles.